The Kier molecular flexibility index (Phi) is 8.79. The monoisotopic (exact) mass is 396 g/mol. The molecule has 0 saturated carbocycles. The maximum atomic E-state index is 5.83. The van der Waals surface area contributed by atoms with Crippen LogP contribution in [0.25, 0.3) is 0 Å². The van der Waals surface area contributed by atoms with Crippen LogP contribution in [0.3, 0.4) is 0 Å². The summed E-state index contributed by atoms with van der Waals surface area (Å²) < 4.78 is 10.2. The lowest BCUT2D eigenvalue weighted by atomic mass is 10.00. The fourth-order valence-electron chi connectivity index (χ4n) is 2.11. The highest BCUT2D eigenvalue weighted by atomic mass is 127. The lowest BCUT2D eigenvalue weighted by Crippen LogP contribution is -2.40. The van der Waals surface area contributed by atoms with Gasteiger partial charge in [0.1, 0.15) is 5.76 Å². The van der Waals surface area contributed by atoms with E-state index in [1.54, 1.807) is 7.11 Å². The second-order valence-electron chi connectivity index (χ2n) is 4.87. The van der Waals surface area contributed by atoms with E-state index < -0.39 is 0 Å². The van der Waals surface area contributed by atoms with Gasteiger partial charge in [-0.25, -0.2) is 0 Å². The molecule has 20 heavy (non-hydrogen) atoms. The van der Waals surface area contributed by atoms with Gasteiger partial charge in [-0.15, -0.1) is 24.0 Å². The number of hydrogen-bond acceptors (Lipinski definition) is 4. The summed E-state index contributed by atoms with van der Waals surface area (Å²) in [4.78, 5) is 4.34. The summed E-state index contributed by atoms with van der Waals surface area (Å²) in [6.45, 7) is 9.12. The number of methoxy groups -OCH3 is 1. The first-order chi connectivity index (χ1) is 8.95. The molecular weight excluding hydrogens is 371 g/mol. The van der Waals surface area contributed by atoms with Crippen molar-refractivity contribution in [2.45, 2.75) is 39.7 Å². The first-order valence-corrected chi connectivity index (χ1v) is 6.43. The average molecular weight is 396 g/mol. The number of aryl methyl sites for hydroxylation is 2. The minimum absolute atomic E-state index is 0. The van der Waals surface area contributed by atoms with Crippen LogP contribution in [0, 0.1) is 13.8 Å². The zero-order valence-corrected chi connectivity index (χ0v) is 15.1. The molecule has 1 rings (SSSR count). The smallest absolute Gasteiger partial charge is 0.188 e. The Bertz CT molecular complexity index is 415. The summed E-state index contributed by atoms with van der Waals surface area (Å²) in [6.07, 6.45) is 0. The van der Waals surface area contributed by atoms with Crippen molar-refractivity contribution in [3.8, 4) is 0 Å². The molecule has 1 aromatic heterocycles. The number of rotatable bonds is 6. The molecule has 2 unspecified atom stereocenters. The van der Waals surface area contributed by atoms with E-state index in [9.17, 15) is 0 Å². The summed E-state index contributed by atoms with van der Waals surface area (Å²) in [6, 6.07) is 0.142. The Morgan fingerprint density at radius 3 is 2.60 bits per heavy atom. The SMILES string of the molecule is COCC(C)NC(N)=NCC(C)c1c(C)noc1C.I. The summed E-state index contributed by atoms with van der Waals surface area (Å²) in [5, 5.41) is 7.02. The molecular formula is C13H25IN4O2. The molecule has 0 aromatic carbocycles. The van der Waals surface area contributed by atoms with Gasteiger partial charge in [0.05, 0.1) is 12.3 Å². The third kappa shape index (κ3) is 5.66. The molecule has 3 N–H and O–H groups in total. The van der Waals surface area contributed by atoms with Crippen molar-refractivity contribution in [1.29, 1.82) is 0 Å². The van der Waals surface area contributed by atoms with E-state index >= 15 is 0 Å². The number of aliphatic imine (C=N–C) groups is 1. The highest BCUT2D eigenvalue weighted by molar-refractivity contribution is 14.0. The van der Waals surface area contributed by atoms with E-state index in [4.69, 9.17) is 15.0 Å². The van der Waals surface area contributed by atoms with Gasteiger partial charge >= 0.3 is 0 Å². The predicted molar refractivity (Wildman–Crippen MR) is 90.8 cm³/mol. The van der Waals surface area contributed by atoms with Crippen molar-refractivity contribution in [3.63, 3.8) is 0 Å². The molecule has 0 saturated heterocycles. The van der Waals surface area contributed by atoms with Crippen LogP contribution in [0.1, 0.15) is 36.8 Å². The van der Waals surface area contributed by atoms with Crippen LogP contribution in [-0.2, 0) is 4.74 Å². The van der Waals surface area contributed by atoms with Gasteiger partial charge in [-0.2, -0.15) is 0 Å². The summed E-state index contributed by atoms with van der Waals surface area (Å²) >= 11 is 0. The summed E-state index contributed by atoms with van der Waals surface area (Å²) in [5.74, 6) is 1.51. The number of guanidine groups is 1. The van der Waals surface area contributed by atoms with Gasteiger partial charge in [-0.3, -0.25) is 4.99 Å². The number of hydrogen-bond donors (Lipinski definition) is 2. The molecule has 0 fully saturated rings. The Hall–Kier alpha value is -0.830. The number of nitrogens with one attached hydrogen (secondary N) is 1. The molecule has 7 heteroatoms. The van der Waals surface area contributed by atoms with Crippen LogP contribution in [0.2, 0.25) is 0 Å². The number of ether oxygens (including phenoxy) is 1. The molecule has 0 aliphatic rings. The number of halogens is 1. The van der Waals surface area contributed by atoms with Crippen molar-refractivity contribution in [2.75, 3.05) is 20.3 Å². The zero-order valence-electron chi connectivity index (χ0n) is 12.8. The Morgan fingerprint density at radius 1 is 1.45 bits per heavy atom. The lowest BCUT2D eigenvalue weighted by molar-refractivity contribution is 0.179. The molecule has 2 atom stereocenters. The van der Waals surface area contributed by atoms with Gasteiger partial charge in [0.15, 0.2) is 5.96 Å². The maximum absolute atomic E-state index is 5.83. The van der Waals surface area contributed by atoms with E-state index in [2.05, 4.69) is 22.4 Å². The molecule has 0 spiro atoms. The zero-order chi connectivity index (χ0) is 14.4. The van der Waals surface area contributed by atoms with E-state index in [1.165, 1.54) is 0 Å². The molecule has 1 aromatic rings. The number of nitrogens with zero attached hydrogens (tertiary/aromatic N) is 2. The molecule has 0 radical (unpaired) electrons. The summed E-state index contributed by atoms with van der Waals surface area (Å²) in [7, 11) is 1.66. The normalized spacial score (nSPS) is 14.6. The molecule has 116 valence electrons. The fraction of sp³-hybridized carbons (Fsp3) is 0.692. The second kappa shape index (κ2) is 9.17. The second-order valence-corrected chi connectivity index (χ2v) is 4.87. The third-order valence-electron chi connectivity index (χ3n) is 2.93. The van der Waals surface area contributed by atoms with Crippen LogP contribution in [0.15, 0.2) is 9.52 Å². The first kappa shape index (κ1) is 19.2. The first-order valence-electron chi connectivity index (χ1n) is 6.43. The minimum Gasteiger partial charge on any atom is -0.383 e. The van der Waals surface area contributed by atoms with Gasteiger partial charge < -0.3 is 20.3 Å². The van der Waals surface area contributed by atoms with Crippen LogP contribution in [0.4, 0.5) is 0 Å². The van der Waals surface area contributed by atoms with Crippen molar-refractivity contribution >= 4 is 29.9 Å². The van der Waals surface area contributed by atoms with E-state index in [-0.39, 0.29) is 35.9 Å². The topological polar surface area (TPSA) is 85.7 Å². The maximum Gasteiger partial charge on any atom is 0.188 e. The Balaban J connectivity index is 0.00000361. The van der Waals surface area contributed by atoms with Crippen molar-refractivity contribution < 1.29 is 9.26 Å². The number of aromatic nitrogens is 1. The quantitative estimate of drug-likeness (QED) is 0.436. The molecule has 0 bridgehead atoms. The van der Waals surface area contributed by atoms with Crippen molar-refractivity contribution in [3.05, 3.63) is 17.0 Å². The molecule has 0 aliphatic heterocycles. The van der Waals surface area contributed by atoms with E-state index in [0.29, 0.717) is 19.1 Å². The van der Waals surface area contributed by atoms with Crippen molar-refractivity contribution in [1.82, 2.24) is 10.5 Å². The molecule has 1 heterocycles. The standard InChI is InChI=1S/C13H24N4O2.HI/c1-8(12-10(3)17-19-11(12)4)6-15-13(14)16-9(2)7-18-5;/h8-9H,6-7H2,1-5H3,(H3,14,15,16);1H. The van der Waals surface area contributed by atoms with Crippen LogP contribution < -0.4 is 11.1 Å². The Labute approximate surface area is 137 Å². The van der Waals surface area contributed by atoms with Crippen LogP contribution in [-0.4, -0.2) is 37.4 Å². The van der Waals surface area contributed by atoms with Gasteiger partial charge in [0, 0.05) is 31.2 Å². The molecule has 0 amide bonds. The largest absolute Gasteiger partial charge is 0.383 e. The Morgan fingerprint density at radius 2 is 2.10 bits per heavy atom. The van der Waals surface area contributed by atoms with Crippen LogP contribution in [0.5, 0.6) is 0 Å². The average Bonchev–Trinajstić information content (AvgIpc) is 2.66. The predicted octanol–water partition coefficient (Wildman–Crippen LogP) is 1.95. The number of nitrogens with two attached hydrogens (primary N) is 1. The molecule has 6 nitrogen and oxygen atoms in total. The van der Waals surface area contributed by atoms with Gasteiger partial charge in [0.2, 0.25) is 0 Å². The fourth-order valence-corrected chi connectivity index (χ4v) is 2.11. The van der Waals surface area contributed by atoms with E-state index in [1.807, 2.05) is 20.8 Å². The third-order valence-corrected chi connectivity index (χ3v) is 2.93. The summed E-state index contributed by atoms with van der Waals surface area (Å²) in [5.41, 5.74) is 7.86. The van der Waals surface area contributed by atoms with Gasteiger partial charge in [0.25, 0.3) is 0 Å². The highest BCUT2D eigenvalue weighted by Crippen LogP contribution is 2.22. The highest BCUT2D eigenvalue weighted by Gasteiger charge is 2.16. The van der Waals surface area contributed by atoms with Gasteiger partial charge in [-0.1, -0.05) is 12.1 Å². The van der Waals surface area contributed by atoms with Gasteiger partial charge in [-0.05, 0) is 20.8 Å². The molecule has 0 aliphatic carbocycles. The minimum atomic E-state index is 0. The van der Waals surface area contributed by atoms with Crippen molar-refractivity contribution in [2.24, 2.45) is 10.7 Å². The van der Waals surface area contributed by atoms with E-state index in [0.717, 1.165) is 17.0 Å². The van der Waals surface area contributed by atoms with Crippen LogP contribution >= 0.6 is 24.0 Å². The lowest BCUT2D eigenvalue weighted by Gasteiger charge is -2.14.